The summed E-state index contributed by atoms with van der Waals surface area (Å²) in [5.74, 6) is 1.55. The van der Waals surface area contributed by atoms with Gasteiger partial charge in [0.25, 0.3) is 0 Å². The van der Waals surface area contributed by atoms with Crippen LogP contribution in [-0.4, -0.2) is 38.6 Å². The van der Waals surface area contributed by atoms with Crippen molar-refractivity contribution in [2.75, 3.05) is 13.1 Å². The lowest BCUT2D eigenvalue weighted by atomic mass is 9.67. The maximum atomic E-state index is 12.9. The van der Waals surface area contributed by atoms with Crippen molar-refractivity contribution in [2.45, 2.75) is 64.9 Å². The van der Waals surface area contributed by atoms with E-state index < -0.39 is 6.10 Å². The number of hydrogen-bond acceptors (Lipinski definition) is 3. The zero-order valence-corrected chi connectivity index (χ0v) is 15.9. The molecule has 1 N–H and O–H groups in total. The van der Waals surface area contributed by atoms with Crippen molar-refractivity contribution < 1.29 is 9.90 Å². The average molecular weight is 348 g/mol. The van der Waals surface area contributed by atoms with Gasteiger partial charge >= 0.3 is 0 Å². The summed E-state index contributed by atoms with van der Waals surface area (Å²) in [4.78, 5) is 19.2. The molecule has 1 amide bonds. The smallest absolute Gasteiger partial charge is 0.222 e. The molecule has 140 valence electrons. The number of likely N-dealkylation sites (tertiary alicyclic amines) is 1. The van der Waals surface area contributed by atoms with Crippen molar-refractivity contribution in [1.29, 1.82) is 0 Å². The molecule has 1 aliphatic heterocycles. The molecule has 1 aromatic rings. The van der Waals surface area contributed by atoms with Gasteiger partial charge in [0.05, 0.1) is 0 Å². The third-order valence-corrected chi connectivity index (χ3v) is 6.53. The number of carbonyl (C=O) groups is 1. The molecule has 0 aromatic carbocycles. The van der Waals surface area contributed by atoms with E-state index in [-0.39, 0.29) is 17.2 Å². The Hall–Kier alpha value is -1.36. The lowest BCUT2D eigenvalue weighted by Crippen LogP contribution is -2.43. The van der Waals surface area contributed by atoms with E-state index in [1.807, 2.05) is 22.7 Å². The maximum Gasteiger partial charge on any atom is 0.222 e. The Morgan fingerprint density at radius 1 is 1.36 bits per heavy atom. The fourth-order valence-corrected chi connectivity index (χ4v) is 4.65. The topological polar surface area (TPSA) is 58.4 Å². The molecule has 3 rings (SSSR count). The molecule has 1 aliphatic carbocycles. The second-order valence-electron chi connectivity index (χ2n) is 8.72. The van der Waals surface area contributed by atoms with Crippen molar-refractivity contribution >= 4 is 5.91 Å². The van der Waals surface area contributed by atoms with Crippen molar-refractivity contribution in [3.8, 4) is 0 Å². The monoisotopic (exact) mass is 347 g/mol. The summed E-state index contributed by atoms with van der Waals surface area (Å²) < 4.78 is 1.87. The van der Waals surface area contributed by atoms with Gasteiger partial charge in [-0.25, -0.2) is 4.98 Å². The Kier molecular flexibility index (Phi) is 5.52. The quantitative estimate of drug-likeness (QED) is 0.909. The third-order valence-electron chi connectivity index (χ3n) is 6.53. The Balaban J connectivity index is 1.61. The van der Waals surface area contributed by atoms with E-state index in [1.54, 1.807) is 6.20 Å². The van der Waals surface area contributed by atoms with Gasteiger partial charge < -0.3 is 14.6 Å². The summed E-state index contributed by atoms with van der Waals surface area (Å²) in [5, 5.41) is 10.7. The fraction of sp³-hybridized carbons (Fsp3) is 0.800. The zero-order chi connectivity index (χ0) is 18.0. The SMILES string of the molecule is Cn1ccnc1C(O)C1CCCN(C(=O)CC2CCCCC2(C)C)C1. The number of aliphatic hydroxyl groups excluding tert-OH is 1. The van der Waals surface area contributed by atoms with Gasteiger partial charge in [0.15, 0.2) is 0 Å². The first-order chi connectivity index (χ1) is 11.9. The minimum Gasteiger partial charge on any atom is -0.385 e. The number of amides is 1. The number of aliphatic hydroxyl groups is 1. The van der Waals surface area contributed by atoms with E-state index in [4.69, 9.17) is 0 Å². The lowest BCUT2D eigenvalue weighted by molar-refractivity contribution is -0.136. The van der Waals surface area contributed by atoms with Crippen LogP contribution in [-0.2, 0) is 11.8 Å². The van der Waals surface area contributed by atoms with E-state index in [0.29, 0.717) is 24.7 Å². The fourth-order valence-electron chi connectivity index (χ4n) is 4.65. The second-order valence-corrected chi connectivity index (χ2v) is 8.72. The van der Waals surface area contributed by atoms with Gasteiger partial charge in [-0.3, -0.25) is 4.79 Å². The van der Waals surface area contributed by atoms with Crippen LogP contribution in [0.5, 0.6) is 0 Å². The third kappa shape index (κ3) is 4.08. The van der Waals surface area contributed by atoms with Gasteiger partial charge in [-0.05, 0) is 37.0 Å². The first-order valence-electron chi connectivity index (χ1n) is 9.81. The summed E-state index contributed by atoms with van der Waals surface area (Å²) >= 11 is 0. The highest BCUT2D eigenvalue weighted by Crippen LogP contribution is 2.42. The number of rotatable bonds is 4. The summed E-state index contributed by atoms with van der Waals surface area (Å²) in [7, 11) is 1.91. The van der Waals surface area contributed by atoms with Crippen LogP contribution in [0.15, 0.2) is 12.4 Å². The van der Waals surface area contributed by atoms with Crippen molar-refractivity contribution in [3.05, 3.63) is 18.2 Å². The van der Waals surface area contributed by atoms with Crippen molar-refractivity contribution in [2.24, 2.45) is 24.3 Å². The van der Waals surface area contributed by atoms with Gasteiger partial charge in [-0.2, -0.15) is 0 Å². The number of carbonyl (C=O) groups excluding carboxylic acids is 1. The van der Waals surface area contributed by atoms with Crippen molar-refractivity contribution in [3.63, 3.8) is 0 Å². The normalized spacial score (nSPS) is 27.9. The molecule has 1 saturated heterocycles. The van der Waals surface area contributed by atoms with E-state index >= 15 is 0 Å². The summed E-state index contributed by atoms with van der Waals surface area (Å²) in [6.07, 6.45) is 10.5. The molecule has 3 unspecified atom stereocenters. The molecule has 2 heterocycles. The predicted octanol–water partition coefficient (Wildman–Crippen LogP) is 3.30. The van der Waals surface area contributed by atoms with Crippen LogP contribution in [0.3, 0.4) is 0 Å². The molecule has 2 fully saturated rings. The first kappa shape index (κ1) is 18.4. The molecular weight excluding hydrogens is 314 g/mol. The van der Waals surface area contributed by atoms with Crippen LogP contribution in [0.4, 0.5) is 0 Å². The number of nitrogens with zero attached hydrogens (tertiary/aromatic N) is 3. The molecule has 3 atom stereocenters. The predicted molar refractivity (Wildman–Crippen MR) is 97.8 cm³/mol. The molecule has 25 heavy (non-hydrogen) atoms. The number of aromatic nitrogens is 2. The Labute approximate surface area is 151 Å². The number of piperidine rings is 1. The van der Waals surface area contributed by atoms with Gasteiger partial charge in [0.1, 0.15) is 11.9 Å². The molecule has 0 bridgehead atoms. The van der Waals surface area contributed by atoms with Crippen LogP contribution in [0.25, 0.3) is 0 Å². The van der Waals surface area contributed by atoms with E-state index in [9.17, 15) is 9.90 Å². The Bertz CT molecular complexity index is 596. The largest absolute Gasteiger partial charge is 0.385 e. The van der Waals surface area contributed by atoms with Crippen molar-refractivity contribution in [1.82, 2.24) is 14.5 Å². The van der Waals surface area contributed by atoms with Gasteiger partial charge in [-0.15, -0.1) is 0 Å². The number of hydrogen-bond donors (Lipinski definition) is 1. The summed E-state index contributed by atoms with van der Waals surface area (Å²) in [5.41, 5.74) is 0.273. The standard InChI is InChI=1S/C20H33N3O2/c1-20(2)9-5-4-8-16(20)13-17(24)23-11-6-7-15(14-23)18(25)19-21-10-12-22(19)3/h10,12,15-16,18,25H,4-9,11,13-14H2,1-3H3. The lowest BCUT2D eigenvalue weighted by Gasteiger charge is -2.40. The maximum absolute atomic E-state index is 12.9. The molecule has 1 saturated carbocycles. The number of aryl methyl sites for hydroxylation is 1. The average Bonchev–Trinajstić information content (AvgIpc) is 3.02. The molecule has 2 aliphatic rings. The van der Waals surface area contributed by atoms with Gasteiger partial charge in [-0.1, -0.05) is 26.7 Å². The Morgan fingerprint density at radius 2 is 2.16 bits per heavy atom. The van der Waals surface area contributed by atoms with Crippen LogP contribution in [0, 0.1) is 17.3 Å². The molecule has 0 radical (unpaired) electrons. The Morgan fingerprint density at radius 3 is 2.84 bits per heavy atom. The molecule has 5 heteroatoms. The first-order valence-corrected chi connectivity index (χ1v) is 9.81. The van der Waals surface area contributed by atoms with Gasteiger partial charge in [0, 0.05) is 44.9 Å². The highest BCUT2D eigenvalue weighted by Gasteiger charge is 2.36. The second kappa shape index (κ2) is 7.48. The molecule has 0 spiro atoms. The highest BCUT2D eigenvalue weighted by atomic mass is 16.3. The van der Waals surface area contributed by atoms with E-state index in [1.165, 1.54) is 25.7 Å². The summed E-state index contributed by atoms with van der Waals surface area (Å²) in [6, 6.07) is 0. The molecule has 1 aromatic heterocycles. The molecular formula is C20H33N3O2. The zero-order valence-electron chi connectivity index (χ0n) is 15.9. The van der Waals surface area contributed by atoms with Crippen LogP contribution >= 0.6 is 0 Å². The molecule has 5 nitrogen and oxygen atoms in total. The minimum atomic E-state index is -0.596. The minimum absolute atomic E-state index is 0.0816. The van der Waals surface area contributed by atoms with E-state index in [2.05, 4.69) is 18.8 Å². The van der Waals surface area contributed by atoms with Crippen LogP contribution in [0.1, 0.15) is 70.7 Å². The van der Waals surface area contributed by atoms with Crippen LogP contribution < -0.4 is 0 Å². The number of imidazole rings is 1. The highest BCUT2D eigenvalue weighted by molar-refractivity contribution is 5.76. The summed E-state index contributed by atoms with van der Waals surface area (Å²) in [6.45, 7) is 6.11. The van der Waals surface area contributed by atoms with Gasteiger partial charge in [0.2, 0.25) is 5.91 Å². The van der Waals surface area contributed by atoms with Crippen LogP contribution in [0.2, 0.25) is 0 Å². The van der Waals surface area contributed by atoms with E-state index in [0.717, 1.165) is 19.4 Å².